The molecule has 2 aliphatic rings. The fraction of sp³-hybridized carbons (Fsp3) is 0.250. The summed E-state index contributed by atoms with van der Waals surface area (Å²) in [7, 11) is 0. The van der Waals surface area contributed by atoms with Crippen LogP contribution >= 0.6 is 0 Å². The molecular weight excluding hydrogens is 305 g/mol. The number of fused-ring (bicyclic) bond motifs is 2. The number of hydrogen-bond donors (Lipinski definition) is 1. The van der Waals surface area contributed by atoms with Gasteiger partial charge in [-0.2, -0.15) is 0 Å². The summed E-state index contributed by atoms with van der Waals surface area (Å²) in [5, 5.41) is 2.77. The number of aryl methyl sites for hydroxylation is 1. The Labute approximate surface area is 140 Å². The highest BCUT2D eigenvalue weighted by Gasteiger charge is 2.27. The van der Waals surface area contributed by atoms with Crippen LogP contribution in [-0.2, 0) is 11.2 Å². The van der Waals surface area contributed by atoms with Gasteiger partial charge in [-0.25, -0.2) is 4.39 Å². The smallest absolute Gasteiger partial charge is 0.256 e. The molecule has 0 saturated carbocycles. The molecule has 1 N–H and O–H groups in total. The molecule has 4 rings (SSSR count). The van der Waals surface area contributed by atoms with Crippen molar-refractivity contribution in [2.24, 2.45) is 0 Å². The predicted molar refractivity (Wildman–Crippen MR) is 92.4 cm³/mol. The maximum Gasteiger partial charge on any atom is 0.256 e. The average molecular weight is 323 g/mol. The van der Waals surface area contributed by atoms with Crippen molar-refractivity contribution >= 4 is 23.2 Å². The van der Waals surface area contributed by atoms with E-state index in [1.54, 1.807) is 12.1 Å². The molecule has 24 heavy (non-hydrogen) atoms. The zero-order valence-electron chi connectivity index (χ0n) is 13.7. The Hall–Kier alpha value is -2.62. The summed E-state index contributed by atoms with van der Waals surface area (Å²) in [6, 6.07) is 10.2. The minimum atomic E-state index is -0.350. The highest BCUT2D eigenvalue weighted by molar-refractivity contribution is 6.34. The van der Waals surface area contributed by atoms with Crippen LogP contribution in [0, 0.1) is 5.82 Å². The summed E-state index contributed by atoms with van der Waals surface area (Å²) >= 11 is 0. The lowest BCUT2D eigenvalue weighted by molar-refractivity contribution is -0.110. The summed E-state index contributed by atoms with van der Waals surface area (Å²) in [4.78, 5) is 12.2. The SMILES string of the molecule is CC1(C)CCc2cc(/C=C3\C(=O)Nc4ccc(F)cc43)ccc2O1. The van der Waals surface area contributed by atoms with Gasteiger partial charge in [-0.15, -0.1) is 0 Å². The third-order valence-corrected chi connectivity index (χ3v) is 4.54. The molecule has 3 nitrogen and oxygen atoms in total. The quantitative estimate of drug-likeness (QED) is 0.789. The van der Waals surface area contributed by atoms with Crippen molar-refractivity contribution in [1.82, 2.24) is 0 Å². The molecule has 0 aliphatic carbocycles. The Morgan fingerprint density at radius 1 is 1.21 bits per heavy atom. The number of hydrogen-bond acceptors (Lipinski definition) is 2. The van der Waals surface area contributed by atoms with Crippen LogP contribution in [0.25, 0.3) is 11.6 Å². The highest BCUT2D eigenvalue weighted by Crippen LogP contribution is 2.36. The van der Waals surface area contributed by atoms with Crippen LogP contribution in [-0.4, -0.2) is 11.5 Å². The summed E-state index contributed by atoms with van der Waals surface area (Å²) < 4.78 is 19.5. The third kappa shape index (κ3) is 2.58. The van der Waals surface area contributed by atoms with Crippen LogP contribution in [0.4, 0.5) is 10.1 Å². The van der Waals surface area contributed by atoms with Crippen LogP contribution in [0.3, 0.4) is 0 Å². The Morgan fingerprint density at radius 3 is 2.88 bits per heavy atom. The number of amides is 1. The molecule has 122 valence electrons. The zero-order chi connectivity index (χ0) is 16.9. The number of carbonyl (C=O) groups excluding carboxylic acids is 1. The lowest BCUT2D eigenvalue weighted by Gasteiger charge is -2.32. The van der Waals surface area contributed by atoms with E-state index in [1.165, 1.54) is 12.1 Å². The molecule has 2 aromatic rings. The van der Waals surface area contributed by atoms with Crippen molar-refractivity contribution in [3.63, 3.8) is 0 Å². The molecule has 0 atom stereocenters. The molecule has 0 aromatic heterocycles. The second kappa shape index (κ2) is 5.20. The minimum absolute atomic E-state index is 0.144. The Balaban J connectivity index is 1.73. The fourth-order valence-electron chi connectivity index (χ4n) is 3.24. The van der Waals surface area contributed by atoms with Gasteiger partial charge in [-0.05, 0) is 74.2 Å². The maximum absolute atomic E-state index is 13.5. The van der Waals surface area contributed by atoms with E-state index < -0.39 is 0 Å². The summed E-state index contributed by atoms with van der Waals surface area (Å²) in [6.07, 6.45) is 3.70. The first-order chi connectivity index (χ1) is 11.4. The van der Waals surface area contributed by atoms with Gasteiger partial charge < -0.3 is 10.1 Å². The minimum Gasteiger partial charge on any atom is -0.488 e. The number of carbonyl (C=O) groups is 1. The molecule has 0 saturated heterocycles. The Kier molecular flexibility index (Phi) is 3.23. The molecule has 2 aliphatic heterocycles. The van der Waals surface area contributed by atoms with Gasteiger partial charge in [0.05, 0.1) is 0 Å². The molecule has 0 spiro atoms. The van der Waals surface area contributed by atoms with Gasteiger partial charge in [0.1, 0.15) is 17.2 Å². The van der Waals surface area contributed by atoms with E-state index in [2.05, 4.69) is 19.2 Å². The second-order valence-corrected chi connectivity index (χ2v) is 6.93. The maximum atomic E-state index is 13.5. The van der Waals surface area contributed by atoms with E-state index in [-0.39, 0.29) is 17.3 Å². The molecule has 2 heterocycles. The van der Waals surface area contributed by atoms with Gasteiger partial charge in [-0.3, -0.25) is 4.79 Å². The van der Waals surface area contributed by atoms with Crippen LogP contribution in [0.5, 0.6) is 5.75 Å². The van der Waals surface area contributed by atoms with Crippen molar-refractivity contribution in [1.29, 1.82) is 0 Å². The monoisotopic (exact) mass is 323 g/mol. The number of halogens is 1. The molecule has 0 fully saturated rings. The first-order valence-electron chi connectivity index (χ1n) is 8.06. The van der Waals surface area contributed by atoms with E-state index in [1.807, 2.05) is 18.2 Å². The number of nitrogens with one attached hydrogen (secondary N) is 1. The lowest BCUT2D eigenvalue weighted by atomic mass is 9.93. The van der Waals surface area contributed by atoms with Gasteiger partial charge in [0.25, 0.3) is 5.91 Å². The van der Waals surface area contributed by atoms with Gasteiger partial charge in [0, 0.05) is 16.8 Å². The molecule has 0 bridgehead atoms. The van der Waals surface area contributed by atoms with Crippen LogP contribution in [0.1, 0.15) is 37.0 Å². The second-order valence-electron chi connectivity index (χ2n) is 6.93. The standard InChI is InChI=1S/C20H18FNO2/c1-20(2)8-7-13-9-12(3-6-18(13)24-20)10-16-15-11-14(21)4-5-17(15)22-19(16)23/h3-6,9-11H,7-8H2,1-2H3,(H,22,23)/b16-10-. The average Bonchev–Trinajstić information content (AvgIpc) is 2.82. The largest absolute Gasteiger partial charge is 0.488 e. The van der Waals surface area contributed by atoms with Crippen LogP contribution in [0.15, 0.2) is 36.4 Å². The van der Waals surface area contributed by atoms with E-state index in [0.717, 1.165) is 29.7 Å². The molecule has 0 unspecified atom stereocenters. The third-order valence-electron chi connectivity index (χ3n) is 4.54. The summed E-state index contributed by atoms with van der Waals surface area (Å²) in [6.45, 7) is 4.17. The van der Waals surface area contributed by atoms with E-state index in [0.29, 0.717) is 16.8 Å². The zero-order valence-corrected chi connectivity index (χ0v) is 13.7. The summed E-state index contributed by atoms with van der Waals surface area (Å²) in [5.41, 5.74) is 3.66. The lowest BCUT2D eigenvalue weighted by Crippen LogP contribution is -2.32. The molecular formula is C20H18FNO2. The van der Waals surface area contributed by atoms with Crippen molar-refractivity contribution in [3.05, 3.63) is 58.9 Å². The van der Waals surface area contributed by atoms with Gasteiger partial charge in [-0.1, -0.05) is 6.07 Å². The van der Waals surface area contributed by atoms with Gasteiger partial charge >= 0.3 is 0 Å². The van der Waals surface area contributed by atoms with Crippen molar-refractivity contribution in [2.45, 2.75) is 32.3 Å². The van der Waals surface area contributed by atoms with Gasteiger partial charge in [0.2, 0.25) is 0 Å². The van der Waals surface area contributed by atoms with Crippen molar-refractivity contribution < 1.29 is 13.9 Å². The number of rotatable bonds is 1. The van der Waals surface area contributed by atoms with Crippen LogP contribution < -0.4 is 10.1 Å². The summed E-state index contributed by atoms with van der Waals surface area (Å²) in [5.74, 6) is 0.346. The Morgan fingerprint density at radius 2 is 2.04 bits per heavy atom. The number of anilines is 1. The van der Waals surface area contributed by atoms with E-state index >= 15 is 0 Å². The fourth-order valence-corrected chi connectivity index (χ4v) is 3.24. The first-order valence-corrected chi connectivity index (χ1v) is 8.06. The molecule has 1 amide bonds. The Bertz CT molecular complexity index is 883. The normalized spacial score (nSPS) is 19.5. The predicted octanol–water partition coefficient (Wildman–Crippen LogP) is 4.42. The van der Waals surface area contributed by atoms with Crippen molar-refractivity contribution in [3.8, 4) is 5.75 Å². The molecule has 0 radical (unpaired) electrons. The topological polar surface area (TPSA) is 38.3 Å². The number of ether oxygens (including phenoxy) is 1. The molecule has 2 aromatic carbocycles. The highest BCUT2D eigenvalue weighted by atomic mass is 19.1. The van der Waals surface area contributed by atoms with Gasteiger partial charge in [0.15, 0.2) is 0 Å². The van der Waals surface area contributed by atoms with Crippen molar-refractivity contribution in [2.75, 3.05) is 5.32 Å². The van der Waals surface area contributed by atoms with E-state index in [4.69, 9.17) is 4.74 Å². The van der Waals surface area contributed by atoms with Crippen LogP contribution in [0.2, 0.25) is 0 Å². The number of benzene rings is 2. The molecule has 4 heteroatoms. The van der Waals surface area contributed by atoms with E-state index in [9.17, 15) is 9.18 Å². The first kappa shape index (κ1) is 14.9.